The molecule has 0 spiro atoms. The van der Waals surface area contributed by atoms with E-state index >= 15 is 0 Å². The van der Waals surface area contributed by atoms with Crippen molar-refractivity contribution in [1.29, 1.82) is 0 Å². The molecule has 1 saturated carbocycles. The van der Waals surface area contributed by atoms with Gasteiger partial charge in [0.2, 0.25) is 0 Å². The number of hydrogen-bond donors (Lipinski definition) is 2. The number of guanidine groups is 1. The lowest BCUT2D eigenvalue weighted by atomic mass is 10.3. The van der Waals surface area contributed by atoms with Crippen molar-refractivity contribution in [3.8, 4) is 5.75 Å². The molecule has 0 radical (unpaired) electrons. The summed E-state index contributed by atoms with van der Waals surface area (Å²) < 4.78 is 11.2. The van der Waals surface area contributed by atoms with E-state index in [0.29, 0.717) is 13.2 Å². The van der Waals surface area contributed by atoms with Gasteiger partial charge in [0.05, 0.1) is 6.54 Å². The number of para-hydroxylation sites is 1. The fourth-order valence-electron chi connectivity index (χ4n) is 1.99. The standard InChI is InChI=1S/C17H27N3O2.HI/c1-18-17(19-10-5-12-21-14-15-8-9-15)20-11-13-22-16-6-3-2-4-7-16;/h2-4,6-7,15H,5,8-14H2,1H3,(H2,18,19,20);1H. The van der Waals surface area contributed by atoms with Crippen LogP contribution in [0.15, 0.2) is 35.3 Å². The number of nitrogens with zero attached hydrogens (tertiary/aromatic N) is 1. The number of halogens is 1. The summed E-state index contributed by atoms with van der Waals surface area (Å²) in [4.78, 5) is 4.19. The minimum atomic E-state index is 0. The van der Waals surface area contributed by atoms with Crippen molar-refractivity contribution in [3.63, 3.8) is 0 Å². The van der Waals surface area contributed by atoms with Crippen molar-refractivity contribution in [3.05, 3.63) is 30.3 Å². The summed E-state index contributed by atoms with van der Waals surface area (Å²) >= 11 is 0. The normalized spacial score (nSPS) is 14.0. The molecular weight excluding hydrogens is 405 g/mol. The van der Waals surface area contributed by atoms with Crippen LogP contribution in [0.1, 0.15) is 19.3 Å². The lowest BCUT2D eigenvalue weighted by Crippen LogP contribution is -2.39. The van der Waals surface area contributed by atoms with Gasteiger partial charge in [0.25, 0.3) is 0 Å². The smallest absolute Gasteiger partial charge is 0.191 e. The number of ether oxygens (including phenoxy) is 2. The number of aliphatic imine (C=N–C) groups is 1. The van der Waals surface area contributed by atoms with Crippen LogP contribution in [-0.2, 0) is 4.74 Å². The lowest BCUT2D eigenvalue weighted by Gasteiger charge is -2.12. The summed E-state index contributed by atoms with van der Waals surface area (Å²) in [6, 6.07) is 9.82. The predicted molar refractivity (Wildman–Crippen MR) is 105 cm³/mol. The van der Waals surface area contributed by atoms with E-state index in [-0.39, 0.29) is 24.0 Å². The monoisotopic (exact) mass is 433 g/mol. The van der Waals surface area contributed by atoms with E-state index in [1.807, 2.05) is 30.3 Å². The predicted octanol–water partition coefficient (Wildman–Crippen LogP) is 2.67. The van der Waals surface area contributed by atoms with Gasteiger partial charge in [-0.25, -0.2) is 0 Å². The SMILES string of the molecule is CN=C(NCCCOCC1CC1)NCCOc1ccccc1.I. The van der Waals surface area contributed by atoms with Crippen LogP contribution in [0, 0.1) is 5.92 Å². The van der Waals surface area contributed by atoms with Crippen LogP contribution in [0.5, 0.6) is 5.75 Å². The quantitative estimate of drug-likeness (QED) is 0.258. The van der Waals surface area contributed by atoms with E-state index in [1.165, 1.54) is 12.8 Å². The first-order chi connectivity index (χ1) is 10.9. The van der Waals surface area contributed by atoms with Crippen molar-refractivity contribution < 1.29 is 9.47 Å². The van der Waals surface area contributed by atoms with E-state index in [0.717, 1.165) is 43.8 Å². The maximum absolute atomic E-state index is 5.62. The third-order valence-corrected chi connectivity index (χ3v) is 3.44. The van der Waals surface area contributed by atoms with Gasteiger partial charge in [-0.2, -0.15) is 0 Å². The molecule has 6 heteroatoms. The van der Waals surface area contributed by atoms with E-state index < -0.39 is 0 Å². The highest BCUT2D eigenvalue weighted by Crippen LogP contribution is 2.28. The molecule has 1 aliphatic rings. The van der Waals surface area contributed by atoms with Gasteiger partial charge in [-0.05, 0) is 37.3 Å². The minimum absolute atomic E-state index is 0. The largest absolute Gasteiger partial charge is 0.492 e. The second-order valence-corrected chi connectivity index (χ2v) is 5.46. The maximum atomic E-state index is 5.62. The molecule has 0 bridgehead atoms. The van der Waals surface area contributed by atoms with Crippen molar-refractivity contribution in [2.45, 2.75) is 19.3 Å². The van der Waals surface area contributed by atoms with Gasteiger partial charge in [-0.15, -0.1) is 24.0 Å². The van der Waals surface area contributed by atoms with Crippen LogP contribution < -0.4 is 15.4 Å². The highest BCUT2D eigenvalue weighted by molar-refractivity contribution is 14.0. The van der Waals surface area contributed by atoms with Crippen LogP contribution >= 0.6 is 24.0 Å². The van der Waals surface area contributed by atoms with E-state index in [9.17, 15) is 0 Å². The molecule has 5 nitrogen and oxygen atoms in total. The highest BCUT2D eigenvalue weighted by atomic mass is 127. The Morgan fingerprint density at radius 1 is 1.13 bits per heavy atom. The Balaban J connectivity index is 0.00000264. The van der Waals surface area contributed by atoms with Gasteiger partial charge in [0, 0.05) is 26.8 Å². The van der Waals surface area contributed by atoms with Gasteiger partial charge < -0.3 is 20.1 Å². The molecule has 1 fully saturated rings. The molecule has 0 saturated heterocycles. The average Bonchev–Trinajstić information content (AvgIpc) is 3.38. The van der Waals surface area contributed by atoms with Crippen molar-refractivity contribution >= 4 is 29.9 Å². The van der Waals surface area contributed by atoms with Crippen molar-refractivity contribution in [2.24, 2.45) is 10.9 Å². The van der Waals surface area contributed by atoms with E-state index in [1.54, 1.807) is 7.05 Å². The number of hydrogen-bond acceptors (Lipinski definition) is 3. The summed E-state index contributed by atoms with van der Waals surface area (Å²) in [5, 5.41) is 6.51. The molecule has 2 rings (SSSR count). The molecule has 0 aromatic heterocycles. The molecule has 1 aromatic rings. The maximum Gasteiger partial charge on any atom is 0.191 e. The average molecular weight is 433 g/mol. The third kappa shape index (κ3) is 9.65. The topological polar surface area (TPSA) is 54.9 Å². The zero-order valence-corrected chi connectivity index (χ0v) is 16.1. The van der Waals surface area contributed by atoms with Gasteiger partial charge in [-0.3, -0.25) is 4.99 Å². The fraction of sp³-hybridized carbons (Fsp3) is 0.588. The molecule has 0 atom stereocenters. The molecular formula is C17H28IN3O2. The Kier molecular flexibility index (Phi) is 10.8. The molecule has 130 valence electrons. The van der Waals surface area contributed by atoms with Crippen LogP contribution in [0.25, 0.3) is 0 Å². The molecule has 0 amide bonds. The molecule has 1 aromatic carbocycles. The van der Waals surface area contributed by atoms with Crippen molar-refractivity contribution in [2.75, 3.05) is 40.0 Å². The van der Waals surface area contributed by atoms with Gasteiger partial charge in [0.15, 0.2) is 5.96 Å². The molecule has 0 heterocycles. The molecule has 23 heavy (non-hydrogen) atoms. The first-order valence-corrected chi connectivity index (χ1v) is 8.08. The van der Waals surface area contributed by atoms with Crippen LogP contribution in [0.4, 0.5) is 0 Å². The Labute approximate surface area is 156 Å². The molecule has 2 N–H and O–H groups in total. The number of benzene rings is 1. The Hall–Kier alpha value is -1.02. The van der Waals surface area contributed by atoms with E-state index in [2.05, 4.69) is 15.6 Å². The number of nitrogens with one attached hydrogen (secondary N) is 2. The second kappa shape index (κ2) is 12.4. The summed E-state index contributed by atoms with van der Waals surface area (Å²) in [6.45, 7) is 3.94. The lowest BCUT2D eigenvalue weighted by molar-refractivity contribution is 0.123. The van der Waals surface area contributed by atoms with Crippen LogP contribution in [0.2, 0.25) is 0 Å². The van der Waals surface area contributed by atoms with Crippen LogP contribution in [-0.4, -0.2) is 45.9 Å². The van der Waals surface area contributed by atoms with Crippen LogP contribution in [0.3, 0.4) is 0 Å². The fourth-order valence-corrected chi connectivity index (χ4v) is 1.99. The molecule has 1 aliphatic carbocycles. The summed E-state index contributed by atoms with van der Waals surface area (Å²) in [5.41, 5.74) is 0. The molecule has 0 aliphatic heterocycles. The molecule has 0 unspecified atom stereocenters. The Bertz CT molecular complexity index is 439. The zero-order valence-electron chi connectivity index (χ0n) is 13.8. The summed E-state index contributed by atoms with van der Waals surface area (Å²) in [5.74, 6) is 2.53. The second-order valence-electron chi connectivity index (χ2n) is 5.46. The summed E-state index contributed by atoms with van der Waals surface area (Å²) in [6.07, 6.45) is 3.69. The number of rotatable bonds is 10. The first-order valence-electron chi connectivity index (χ1n) is 8.08. The van der Waals surface area contributed by atoms with Crippen molar-refractivity contribution in [1.82, 2.24) is 10.6 Å². The van der Waals surface area contributed by atoms with Gasteiger partial charge in [0.1, 0.15) is 12.4 Å². The minimum Gasteiger partial charge on any atom is -0.492 e. The third-order valence-electron chi connectivity index (χ3n) is 3.44. The highest BCUT2D eigenvalue weighted by Gasteiger charge is 2.20. The first kappa shape index (κ1) is 20.0. The Morgan fingerprint density at radius 3 is 2.57 bits per heavy atom. The zero-order chi connectivity index (χ0) is 15.5. The van der Waals surface area contributed by atoms with Gasteiger partial charge >= 0.3 is 0 Å². The Morgan fingerprint density at radius 2 is 1.87 bits per heavy atom. The summed E-state index contributed by atoms with van der Waals surface area (Å²) in [7, 11) is 1.77. The van der Waals surface area contributed by atoms with E-state index in [4.69, 9.17) is 9.47 Å². The van der Waals surface area contributed by atoms with Gasteiger partial charge in [-0.1, -0.05) is 18.2 Å².